The zero-order chi connectivity index (χ0) is 20.2. The summed E-state index contributed by atoms with van der Waals surface area (Å²) in [4.78, 5) is 24.0. The average molecular weight is 399 g/mol. The van der Waals surface area contributed by atoms with E-state index in [1.54, 1.807) is 13.8 Å². The standard InChI is InChI=1S/C18H26FN3O4S/c1-3-22(4-2)27(25,26)12-9-10-15(19)14(11-12)18(24)21-16-8-6-5-7-13(16)17(20)23/h9-11,13,16H,3-8H2,1-2H3,(H2,20,23)(H,21,24)/t13-,16-/m1/s1. The molecule has 0 aliphatic heterocycles. The lowest BCUT2D eigenvalue weighted by atomic mass is 9.84. The van der Waals surface area contributed by atoms with Gasteiger partial charge >= 0.3 is 0 Å². The number of primary amides is 1. The maximum Gasteiger partial charge on any atom is 0.254 e. The van der Waals surface area contributed by atoms with E-state index in [9.17, 15) is 22.4 Å². The van der Waals surface area contributed by atoms with Gasteiger partial charge < -0.3 is 11.1 Å². The van der Waals surface area contributed by atoms with Crippen LogP contribution in [0.5, 0.6) is 0 Å². The van der Waals surface area contributed by atoms with Crippen LogP contribution in [0.1, 0.15) is 49.9 Å². The van der Waals surface area contributed by atoms with Crippen molar-refractivity contribution in [2.75, 3.05) is 13.1 Å². The van der Waals surface area contributed by atoms with E-state index in [0.717, 1.165) is 31.0 Å². The number of hydrogen-bond acceptors (Lipinski definition) is 4. The predicted octanol–water partition coefficient (Wildman–Crippen LogP) is 1.63. The first kappa shape index (κ1) is 21.3. The van der Waals surface area contributed by atoms with Gasteiger partial charge in [0.1, 0.15) is 5.82 Å². The second kappa shape index (κ2) is 8.79. The fraction of sp³-hybridized carbons (Fsp3) is 0.556. The highest BCUT2D eigenvalue weighted by Crippen LogP contribution is 2.25. The van der Waals surface area contributed by atoms with Crippen LogP contribution in [0.25, 0.3) is 0 Å². The van der Waals surface area contributed by atoms with Crippen molar-refractivity contribution >= 4 is 21.8 Å². The van der Waals surface area contributed by atoms with Crippen LogP contribution in [0.15, 0.2) is 23.1 Å². The summed E-state index contributed by atoms with van der Waals surface area (Å²) in [7, 11) is -3.82. The van der Waals surface area contributed by atoms with E-state index in [4.69, 9.17) is 5.73 Å². The quantitative estimate of drug-likeness (QED) is 0.726. The molecule has 2 rings (SSSR count). The Labute approximate surface area is 159 Å². The maximum atomic E-state index is 14.2. The molecule has 1 aliphatic carbocycles. The SMILES string of the molecule is CCN(CC)S(=O)(=O)c1ccc(F)c(C(=O)N[C@@H]2CCCC[C@H]2C(N)=O)c1. The molecule has 0 unspecified atom stereocenters. The molecule has 3 N–H and O–H groups in total. The minimum Gasteiger partial charge on any atom is -0.369 e. The molecule has 0 saturated heterocycles. The second-order valence-electron chi connectivity index (χ2n) is 6.60. The van der Waals surface area contributed by atoms with Crippen molar-refractivity contribution < 1.29 is 22.4 Å². The molecular weight excluding hydrogens is 373 g/mol. The van der Waals surface area contributed by atoms with Gasteiger partial charge in [-0.3, -0.25) is 9.59 Å². The van der Waals surface area contributed by atoms with Gasteiger partial charge in [-0.25, -0.2) is 12.8 Å². The van der Waals surface area contributed by atoms with Crippen LogP contribution in [0.3, 0.4) is 0 Å². The van der Waals surface area contributed by atoms with E-state index in [0.29, 0.717) is 12.8 Å². The first-order chi connectivity index (χ1) is 12.7. The number of nitrogens with one attached hydrogen (secondary N) is 1. The summed E-state index contributed by atoms with van der Waals surface area (Å²) in [6.45, 7) is 3.93. The minimum atomic E-state index is -3.82. The van der Waals surface area contributed by atoms with E-state index >= 15 is 0 Å². The Bertz CT molecular complexity index is 809. The summed E-state index contributed by atoms with van der Waals surface area (Å²) in [5, 5.41) is 2.66. The third kappa shape index (κ3) is 4.65. The van der Waals surface area contributed by atoms with Gasteiger partial charge in [0, 0.05) is 19.1 Å². The number of benzene rings is 1. The second-order valence-corrected chi connectivity index (χ2v) is 8.54. The number of nitrogens with two attached hydrogens (primary N) is 1. The van der Waals surface area contributed by atoms with Crippen molar-refractivity contribution in [2.45, 2.75) is 50.5 Å². The van der Waals surface area contributed by atoms with Gasteiger partial charge in [0.05, 0.1) is 16.4 Å². The van der Waals surface area contributed by atoms with E-state index in [1.165, 1.54) is 4.31 Å². The summed E-state index contributed by atoms with van der Waals surface area (Å²) in [6.07, 6.45) is 2.80. The highest BCUT2D eigenvalue weighted by Gasteiger charge is 2.32. The Balaban J connectivity index is 2.30. The van der Waals surface area contributed by atoms with Crippen molar-refractivity contribution in [2.24, 2.45) is 11.7 Å². The molecule has 0 heterocycles. The van der Waals surface area contributed by atoms with Crippen LogP contribution in [-0.4, -0.2) is 43.7 Å². The van der Waals surface area contributed by atoms with Crippen LogP contribution in [-0.2, 0) is 14.8 Å². The van der Waals surface area contributed by atoms with Crippen LogP contribution in [0.2, 0.25) is 0 Å². The van der Waals surface area contributed by atoms with Crippen molar-refractivity contribution in [3.63, 3.8) is 0 Å². The van der Waals surface area contributed by atoms with E-state index < -0.39 is 39.6 Å². The Morgan fingerprint density at radius 2 is 1.85 bits per heavy atom. The first-order valence-corrected chi connectivity index (χ1v) is 10.6. The molecule has 2 atom stereocenters. The normalized spacial score (nSPS) is 20.4. The molecule has 1 aromatic carbocycles. The minimum absolute atomic E-state index is 0.146. The average Bonchev–Trinajstić information content (AvgIpc) is 2.62. The van der Waals surface area contributed by atoms with Gasteiger partial charge in [0.2, 0.25) is 15.9 Å². The smallest absolute Gasteiger partial charge is 0.254 e. The molecule has 27 heavy (non-hydrogen) atoms. The third-order valence-corrected chi connectivity index (χ3v) is 7.02. The number of rotatable bonds is 7. The molecule has 2 amide bonds. The predicted molar refractivity (Wildman–Crippen MR) is 98.9 cm³/mol. The summed E-state index contributed by atoms with van der Waals surface area (Å²) in [5.74, 6) is -2.58. The lowest BCUT2D eigenvalue weighted by molar-refractivity contribution is -0.123. The summed E-state index contributed by atoms with van der Waals surface area (Å²) in [5.41, 5.74) is 5.03. The molecule has 1 saturated carbocycles. The molecule has 7 nitrogen and oxygen atoms in total. The number of carbonyl (C=O) groups is 2. The topological polar surface area (TPSA) is 110 Å². The highest BCUT2D eigenvalue weighted by atomic mass is 32.2. The lowest BCUT2D eigenvalue weighted by Gasteiger charge is -2.30. The van der Waals surface area contributed by atoms with Crippen LogP contribution in [0.4, 0.5) is 4.39 Å². The fourth-order valence-electron chi connectivity index (χ4n) is 3.44. The zero-order valence-electron chi connectivity index (χ0n) is 15.6. The summed E-state index contributed by atoms with van der Waals surface area (Å²) < 4.78 is 40.7. The number of halogens is 1. The van der Waals surface area contributed by atoms with E-state index in [2.05, 4.69) is 5.32 Å². The Hall–Kier alpha value is -2.00. The molecule has 9 heteroatoms. The number of nitrogens with zero attached hydrogens (tertiary/aromatic N) is 1. The van der Waals surface area contributed by atoms with Gasteiger partial charge in [0.25, 0.3) is 5.91 Å². The monoisotopic (exact) mass is 399 g/mol. The molecule has 1 fully saturated rings. The molecule has 0 radical (unpaired) electrons. The van der Waals surface area contributed by atoms with Gasteiger partial charge in [-0.05, 0) is 31.0 Å². The fourth-order valence-corrected chi connectivity index (χ4v) is 4.93. The summed E-state index contributed by atoms with van der Waals surface area (Å²) in [6, 6.07) is 2.68. The van der Waals surface area contributed by atoms with Crippen LogP contribution < -0.4 is 11.1 Å². The first-order valence-electron chi connectivity index (χ1n) is 9.12. The van der Waals surface area contributed by atoms with Crippen molar-refractivity contribution in [1.82, 2.24) is 9.62 Å². The third-order valence-electron chi connectivity index (χ3n) is 4.97. The van der Waals surface area contributed by atoms with Crippen molar-refractivity contribution in [1.29, 1.82) is 0 Å². The molecule has 1 aromatic rings. The lowest BCUT2D eigenvalue weighted by Crippen LogP contribution is -2.47. The molecular formula is C18H26FN3O4S. The highest BCUT2D eigenvalue weighted by molar-refractivity contribution is 7.89. The van der Waals surface area contributed by atoms with Crippen LogP contribution >= 0.6 is 0 Å². The Morgan fingerprint density at radius 3 is 2.44 bits per heavy atom. The van der Waals surface area contributed by atoms with Crippen molar-refractivity contribution in [3.05, 3.63) is 29.6 Å². The van der Waals surface area contributed by atoms with Gasteiger partial charge in [0.15, 0.2) is 0 Å². The molecule has 0 aromatic heterocycles. The number of amides is 2. The van der Waals surface area contributed by atoms with E-state index in [1.807, 2.05) is 0 Å². The van der Waals surface area contributed by atoms with E-state index in [-0.39, 0.29) is 23.5 Å². The Kier molecular flexibility index (Phi) is 6.94. The van der Waals surface area contributed by atoms with Crippen molar-refractivity contribution in [3.8, 4) is 0 Å². The van der Waals surface area contributed by atoms with Gasteiger partial charge in [-0.15, -0.1) is 0 Å². The number of carbonyl (C=O) groups excluding carboxylic acids is 2. The van der Waals surface area contributed by atoms with Gasteiger partial charge in [-0.1, -0.05) is 26.7 Å². The molecule has 150 valence electrons. The number of sulfonamides is 1. The molecule has 0 spiro atoms. The maximum absolute atomic E-state index is 14.2. The Morgan fingerprint density at radius 1 is 1.22 bits per heavy atom. The number of hydrogen-bond donors (Lipinski definition) is 2. The summed E-state index contributed by atoms with van der Waals surface area (Å²) >= 11 is 0. The van der Waals surface area contributed by atoms with Crippen LogP contribution in [0, 0.1) is 11.7 Å². The largest absolute Gasteiger partial charge is 0.369 e. The molecule has 1 aliphatic rings. The molecule has 0 bridgehead atoms. The zero-order valence-corrected chi connectivity index (χ0v) is 16.4. The van der Waals surface area contributed by atoms with Gasteiger partial charge in [-0.2, -0.15) is 4.31 Å².